The Labute approximate surface area is 139 Å². The monoisotopic (exact) mass is 324 g/mol. The fraction of sp³-hybridized carbons (Fsp3) is 0.158. The predicted octanol–water partition coefficient (Wildman–Crippen LogP) is 3.62. The zero-order valence-corrected chi connectivity index (χ0v) is 13.5. The number of nitrogens with one attached hydrogen (secondary N) is 1. The molecule has 0 radical (unpaired) electrons. The van der Waals surface area contributed by atoms with Gasteiger partial charge in [0.15, 0.2) is 0 Å². The molecular weight excluding hydrogens is 307 g/mol. The molecule has 1 heterocycles. The number of methoxy groups -OCH3 is 1. The molecule has 4 nitrogen and oxygen atoms in total. The molecule has 2 aromatic carbocycles. The predicted molar refractivity (Wildman–Crippen MR) is 90.6 cm³/mol. The van der Waals surface area contributed by atoms with E-state index in [0.29, 0.717) is 22.6 Å². The van der Waals surface area contributed by atoms with Gasteiger partial charge >= 0.3 is 0 Å². The van der Waals surface area contributed by atoms with Crippen molar-refractivity contribution >= 4 is 16.8 Å². The molecule has 5 heteroatoms. The van der Waals surface area contributed by atoms with Crippen LogP contribution in [0.15, 0.2) is 48.5 Å². The van der Waals surface area contributed by atoms with Gasteiger partial charge in [-0.15, -0.1) is 0 Å². The van der Waals surface area contributed by atoms with Crippen LogP contribution in [-0.4, -0.2) is 18.0 Å². The molecule has 0 saturated carbocycles. The molecule has 0 fully saturated rings. The maximum atomic E-state index is 13.6. The van der Waals surface area contributed by atoms with E-state index < -0.39 is 0 Å². The molecule has 0 atom stereocenters. The van der Waals surface area contributed by atoms with Crippen LogP contribution in [0.2, 0.25) is 0 Å². The van der Waals surface area contributed by atoms with Crippen LogP contribution in [0.4, 0.5) is 4.39 Å². The first-order valence-corrected chi connectivity index (χ1v) is 7.55. The van der Waals surface area contributed by atoms with Gasteiger partial charge in [0.1, 0.15) is 11.6 Å². The second-order valence-corrected chi connectivity index (χ2v) is 5.45. The Kier molecular flexibility index (Phi) is 4.42. The van der Waals surface area contributed by atoms with Gasteiger partial charge in [0.2, 0.25) is 0 Å². The molecule has 1 aromatic heterocycles. The molecule has 0 aliphatic heterocycles. The number of rotatable bonds is 4. The Morgan fingerprint density at radius 2 is 2.00 bits per heavy atom. The summed E-state index contributed by atoms with van der Waals surface area (Å²) in [6.45, 7) is 1.91. The molecule has 24 heavy (non-hydrogen) atoms. The van der Waals surface area contributed by atoms with Gasteiger partial charge in [-0.1, -0.05) is 18.2 Å². The van der Waals surface area contributed by atoms with Crippen LogP contribution in [0.25, 0.3) is 10.9 Å². The number of nitrogens with zero attached hydrogens (tertiary/aromatic N) is 1. The summed E-state index contributed by atoms with van der Waals surface area (Å²) in [6, 6.07) is 13.6. The Morgan fingerprint density at radius 1 is 1.21 bits per heavy atom. The number of aromatic nitrogens is 1. The van der Waals surface area contributed by atoms with Crippen molar-refractivity contribution in [3.05, 3.63) is 71.2 Å². The summed E-state index contributed by atoms with van der Waals surface area (Å²) in [4.78, 5) is 16.9. The average Bonchev–Trinajstić information content (AvgIpc) is 2.59. The summed E-state index contributed by atoms with van der Waals surface area (Å²) < 4.78 is 18.8. The van der Waals surface area contributed by atoms with E-state index in [4.69, 9.17) is 4.74 Å². The topological polar surface area (TPSA) is 51.2 Å². The van der Waals surface area contributed by atoms with Gasteiger partial charge in [0, 0.05) is 17.5 Å². The normalized spacial score (nSPS) is 10.6. The van der Waals surface area contributed by atoms with Gasteiger partial charge in [-0.3, -0.25) is 9.78 Å². The van der Waals surface area contributed by atoms with E-state index in [-0.39, 0.29) is 18.3 Å². The van der Waals surface area contributed by atoms with Crippen LogP contribution in [0.1, 0.15) is 21.6 Å². The van der Waals surface area contributed by atoms with Crippen molar-refractivity contribution in [2.24, 2.45) is 0 Å². The number of hydrogen-bond acceptors (Lipinski definition) is 3. The van der Waals surface area contributed by atoms with E-state index in [9.17, 15) is 9.18 Å². The van der Waals surface area contributed by atoms with E-state index in [1.54, 1.807) is 38.3 Å². The number of pyridine rings is 1. The lowest BCUT2D eigenvalue weighted by Crippen LogP contribution is -2.24. The van der Waals surface area contributed by atoms with Gasteiger partial charge in [-0.05, 0) is 37.3 Å². The molecule has 0 bridgehead atoms. The average molecular weight is 324 g/mol. The van der Waals surface area contributed by atoms with Gasteiger partial charge in [0.05, 0.1) is 23.9 Å². The first-order chi connectivity index (χ1) is 11.6. The molecule has 3 aromatic rings. The van der Waals surface area contributed by atoms with E-state index in [2.05, 4.69) is 10.3 Å². The van der Waals surface area contributed by atoms with Crippen molar-refractivity contribution < 1.29 is 13.9 Å². The summed E-state index contributed by atoms with van der Waals surface area (Å²) in [5.41, 5.74) is 2.32. The zero-order chi connectivity index (χ0) is 17.1. The summed E-state index contributed by atoms with van der Waals surface area (Å²) in [6.07, 6.45) is 0. The lowest BCUT2D eigenvalue weighted by Gasteiger charge is -2.10. The fourth-order valence-corrected chi connectivity index (χ4v) is 2.52. The quantitative estimate of drug-likeness (QED) is 0.797. The highest BCUT2D eigenvalue weighted by Gasteiger charge is 2.12. The Balaban J connectivity index is 1.86. The molecular formula is C19H17FN2O2. The fourth-order valence-electron chi connectivity index (χ4n) is 2.52. The first kappa shape index (κ1) is 15.9. The SMILES string of the molecule is COc1ccc2nc(C)c(C(=O)NCc3ccccc3F)cc2c1. The van der Waals surface area contributed by atoms with Crippen molar-refractivity contribution in [3.8, 4) is 5.75 Å². The minimum atomic E-state index is -0.337. The maximum absolute atomic E-state index is 13.6. The van der Waals surface area contributed by atoms with E-state index >= 15 is 0 Å². The number of hydrogen-bond donors (Lipinski definition) is 1. The lowest BCUT2D eigenvalue weighted by molar-refractivity contribution is 0.0949. The van der Waals surface area contributed by atoms with Crippen LogP contribution >= 0.6 is 0 Å². The molecule has 3 rings (SSSR count). The van der Waals surface area contributed by atoms with Crippen molar-refractivity contribution in [3.63, 3.8) is 0 Å². The third kappa shape index (κ3) is 3.20. The van der Waals surface area contributed by atoms with Crippen LogP contribution in [0.3, 0.4) is 0 Å². The molecule has 1 amide bonds. The summed E-state index contributed by atoms with van der Waals surface area (Å²) in [5, 5.41) is 3.56. The third-order valence-corrected chi connectivity index (χ3v) is 3.85. The minimum absolute atomic E-state index is 0.126. The largest absolute Gasteiger partial charge is 0.497 e. The number of fused-ring (bicyclic) bond motifs is 1. The number of carbonyl (C=O) groups excluding carboxylic acids is 1. The van der Waals surface area contributed by atoms with Crippen LogP contribution in [-0.2, 0) is 6.54 Å². The highest BCUT2D eigenvalue weighted by Crippen LogP contribution is 2.22. The second kappa shape index (κ2) is 6.66. The van der Waals surface area contributed by atoms with E-state index in [1.165, 1.54) is 6.07 Å². The number of benzene rings is 2. The molecule has 0 aliphatic rings. The second-order valence-electron chi connectivity index (χ2n) is 5.45. The van der Waals surface area contributed by atoms with E-state index in [0.717, 1.165) is 10.9 Å². The lowest BCUT2D eigenvalue weighted by atomic mass is 10.1. The number of halogens is 1. The number of amides is 1. The molecule has 0 spiro atoms. The maximum Gasteiger partial charge on any atom is 0.253 e. The molecule has 0 aliphatic carbocycles. The van der Waals surface area contributed by atoms with Gasteiger partial charge < -0.3 is 10.1 Å². The summed E-state index contributed by atoms with van der Waals surface area (Å²) in [7, 11) is 1.59. The van der Waals surface area contributed by atoms with Crippen LogP contribution in [0, 0.1) is 12.7 Å². The van der Waals surface area contributed by atoms with Crippen LogP contribution in [0.5, 0.6) is 5.75 Å². The van der Waals surface area contributed by atoms with Crippen molar-refractivity contribution in [1.82, 2.24) is 10.3 Å². The van der Waals surface area contributed by atoms with Crippen molar-refractivity contribution in [2.45, 2.75) is 13.5 Å². The summed E-state index contributed by atoms with van der Waals surface area (Å²) >= 11 is 0. The summed E-state index contributed by atoms with van der Waals surface area (Å²) in [5.74, 6) is 0.0785. The van der Waals surface area contributed by atoms with Gasteiger partial charge in [0.25, 0.3) is 5.91 Å². The smallest absolute Gasteiger partial charge is 0.253 e. The van der Waals surface area contributed by atoms with Gasteiger partial charge in [-0.2, -0.15) is 0 Å². The number of aryl methyl sites for hydroxylation is 1. The first-order valence-electron chi connectivity index (χ1n) is 7.55. The van der Waals surface area contributed by atoms with Crippen molar-refractivity contribution in [2.75, 3.05) is 7.11 Å². The van der Waals surface area contributed by atoms with Crippen molar-refractivity contribution in [1.29, 1.82) is 0 Å². The highest BCUT2D eigenvalue weighted by molar-refractivity contribution is 5.98. The molecule has 122 valence electrons. The third-order valence-electron chi connectivity index (χ3n) is 3.85. The molecule has 0 saturated heterocycles. The van der Waals surface area contributed by atoms with Crippen LogP contribution < -0.4 is 10.1 Å². The zero-order valence-electron chi connectivity index (χ0n) is 13.5. The minimum Gasteiger partial charge on any atom is -0.497 e. The highest BCUT2D eigenvalue weighted by atomic mass is 19.1. The number of carbonyl (C=O) groups is 1. The molecule has 0 unspecified atom stereocenters. The Bertz CT molecular complexity index is 909. The number of ether oxygens (including phenoxy) is 1. The standard InChI is InChI=1S/C19H17FN2O2/c1-12-16(10-14-9-15(24-2)7-8-18(14)22-12)19(23)21-11-13-5-3-4-6-17(13)20/h3-10H,11H2,1-2H3,(H,21,23). The Morgan fingerprint density at radius 3 is 2.75 bits per heavy atom. The van der Waals surface area contributed by atoms with E-state index in [1.807, 2.05) is 18.2 Å². The Hall–Kier alpha value is -2.95. The van der Waals surface area contributed by atoms with Gasteiger partial charge in [-0.25, -0.2) is 4.39 Å². The molecule has 1 N–H and O–H groups in total.